The number of ether oxygens (including phenoxy) is 1. The number of rotatable bonds is 1. The maximum atomic E-state index is 13.0. The Morgan fingerprint density at radius 2 is 2.15 bits per heavy atom. The second-order valence-corrected chi connectivity index (χ2v) is 9.59. The van der Waals surface area contributed by atoms with Crippen molar-refractivity contribution in [3.8, 4) is 0 Å². The Balaban J connectivity index is 2.00. The maximum absolute atomic E-state index is 13.0. The van der Waals surface area contributed by atoms with Crippen LogP contribution in [0.3, 0.4) is 0 Å². The molecule has 2 atom stereocenters. The van der Waals surface area contributed by atoms with Gasteiger partial charge in [-0.3, -0.25) is 15.0 Å². The van der Waals surface area contributed by atoms with Gasteiger partial charge in [-0.2, -0.15) is 0 Å². The summed E-state index contributed by atoms with van der Waals surface area (Å²) in [5.41, 5.74) is -1.33. The summed E-state index contributed by atoms with van der Waals surface area (Å²) >= 11 is 5.05. The molecule has 3 rings (SSSR count). The predicted octanol–water partition coefficient (Wildman–Crippen LogP) is 2.62. The van der Waals surface area contributed by atoms with Crippen molar-refractivity contribution in [3.05, 3.63) is 20.8 Å². The summed E-state index contributed by atoms with van der Waals surface area (Å²) in [6.07, 6.45) is -0.622. The molecule has 0 radical (unpaired) electrons. The zero-order valence-electron chi connectivity index (χ0n) is 15.5. The van der Waals surface area contributed by atoms with Crippen molar-refractivity contribution in [1.29, 1.82) is 0 Å². The summed E-state index contributed by atoms with van der Waals surface area (Å²) in [5.74, 6) is -0.118. The molecular weight excluding hydrogens is 420 g/mol. The Morgan fingerprint density at radius 3 is 2.73 bits per heavy atom. The van der Waals surface area contributed by atoms with Gasteiger partial charge in [0.15, 0.2) is 0 Å². The van der Waals surface area contributed by atoms with Crippen molar-refractivity contribution in [3.63, 3.8) is 0 Å². The molecule has 1 fully saturated rings. The van der Waals surface area contributed by atoms with Crippen molar-refractivity contribution < 1.29 is 14.3 Å². The number of amides is 2. The molecule has 0 spiro atoms. The molecule has 2 aliphatic rings. The van der Waals surface area contributed by atoms with Crippen LogP contribution in [0.25, 0.3) is 0 Å². The van der Waals surface area contributed by atoms with Gasteiger partial charge in [0.1, 0.15) is 11.1 Å². The van der Waals surface area contributed by atoms with E-state index >= 15 is 0 Å². The lowest BCUT2D eigenvalue weighted by atomic mass is 9.84. The molecule has 142 valence electrons. The Morgan fingerprint density at radius 1 is 1.46 bits per heavy atom. The number of carbonyl (C=O) groups excluding carboxylic acids is 2. The molecule has 0 aliphatic carbocycles. The number of fused-ring (bicyclic) bond motifs is 1. The minimum atomic E-state index is -0.695. The highest BCUT2D eigenvalue weighted by Crippen LogP contribution is 2.46. The SMILES string of the molecule is CN1CC2C(=O)N(C)C(NC(=O)OC(C)(C)C)=NC2(c2cc(Br)cs2)C1. The third-order valence-electron chi connectivity index (χ3n) is 4.44. The minimum absolute atomic E-state index is 0.0556. The van der Waals surface area contributed by atoms with E-state index in [9.17, 15) is 9.59 Å². The molecule has 2 amide bonds. The average Bonchev–Trinajstić information content (AvgIpc) is 3.07. The predicted molar refractivity (Wildman–Crippen MR) is 104 cm³/mol. The van der Waals surface area contributed by atoms with Gasteiger partial charge in [0, 0.05) is 34.9 Å². The standard InChI is InChI=1S/C17H23BrN4O3S/c1-16(2,3)25-15(24)19-14-20-17(12-6-10(18)8-26-12)9-21(4)7-11(17)13(23)22(14)5/h6,8,11H,7,9H2,1-5H3,(H,19,20,24). The fourth-order valence-electron chi connectivity index (χ4n) is 3.40. The zero-order chi connectivity index (χ0) is 19.3. The number of hydrogen-bond acceptors (Lipinski definition) is 6. The van der Waals surface area contributed by atoms with Crippen LogP contribution in [0.2, 0.25) is 0 Å². The summed E-state index contributed by atoms with van der Waals surface area (Å²) in [5, 5.41) is 4.64. The van der Waals surface area contributed by atoms with Crippen molar-refractivity contribution in [2.24, 2.45) is 10.9 Å². The number of thiophene rings is 1. The zero-order valence-corrected chi connectivity index (χ0v) is 17.9. The summed E-state index contributed by atoms with van der Waals surface area (Å²) in [6, 6.07) is 2.00. The van der Waals surface area contributed by atoms with Gasteiger partial charge in [-0.15, -0.1) is 11.3 Å². The molecule has 9 heteroatoms. The van der Waals surface area contributed by atoms with E-state index < -0.39 is 17.2 Å². The van der Waals surface area contributed by atoms with Crippen LogP contribution in [0, 0.1) is 5.92 Å². The molecule has 0 saturated carbocycles. The third kappa shape index (κ3) is 3.52. The number of carbonyl (C=O) groups is 2. The Bertz CT molecular complexity index is 772. The summed E-state index contributed by atoms with van der Waals surface area (Å²) < 4.78 is 6.28. The van der Waals surface area contributed by atoms with Gasteiger partial charge >= 0.3 is 6.09 Å². The Kier molecular flexibility index (Phi) is 4.91. The first-order valence-electron chi connectivity index (χ1n) is 8.32. The number of nitrogens with zero attached hydrogens (tertiary/aromatic N) is 3. The highest BCUT2D eigenvalue weighted by molar-refractivity contribution is 9.10. The second-order valence-electron chi connectivity index (χ2n) is 7.76. The quantitative estimate of drug-likeness (QED) is 0.725. The first-order valence-corrected chi connectivity index (χ1v) is 9.99. The first kappa shape index (κ1) is 19.3. The summed E-state index contributed by atoms with van der Waals surface area (Å²) in [7, 11) is 3.61. The van der Waals surface area contributed by atoms with Crippen LogP contribution in [0.1, 0.15) is 25.6 Å². The highest BCUT2D eigenvalue weighted by atomic mass is 79.9. The van der Waals surface area contributed by atoms with Gasteiger partial charge in [-0.25, -0.2) is 9.79 Å². The van der Waals surface area contributed by atoms with Crippen LogP contribution < -0.4 is 5.32 Å². The van der Waals surface area contributed by atoms with Crippen molar-refractivity contribution in [2.45, 2.75) is 31.9 Å². The van der Waals surface area contributed by atoms with Crippen LogP contribution in [0.15, 0.2) is 20.9 Å². The molecule has 2 unspecified atom stereocenters. The smallest absolute Gasteiger partial charge is 0.414 e. The molecule has 26 heavy (non-hydrogen) atoms. The molecule has 0 aromatic carbocycles. The van der Waals surface area contributed by atoms with E-state index in [2.05, 4.69) is 26.1 Å². The van der Waals surface area contributed by atoms with Crippen molar-refractivity contribution >= 4 is 45.2 Å². The van der Waals surface area contributed by atoms with Gasteiger partial charge in [0.2, 0.25) is 11.9 Å². The molecule has 0 bridgehead atoms. The van der Waals surface area contributed by atoms with Gasteiger partial charge in [0.05, 0.1) is 5.92 Å². The lowest BCUT2D eigenvalue weighted by Gasteiger charge is -2.38. The topological polar surface area (TPSA) is 74.2 Å². The van der Waals surface area contributed by atoms with Gasteiger partial charge in [-0.1, -0.05) is 0 Å². The number of likely N-dealkylation sites (N-methyl/N-ethyl adjacent to an activating group) is 1. The maximum Gasteiger partial charge on any atom is 0.414 e. The van der Waals surface area contributed by atoms with Crippen LogP contribution in [0.4, 0.5) is 4.79 Å². The molecule has 3 heterocycles. The molecule has 1 aromatic rings. The van der Waals surface area contributed by atoms with Gasteiger partial charge in [0.25, 0.3) is 0 Å². The number of likely N-dealkylation sites (tertiary alicyclic amines) is 1. The minimum Gasteiger partial charge on any atom is -0.444 e. The summed E-state index contributed by atoms with van der Waals surface area (Å²) in [6.45, 7) is 6.61. The van der Waals surface area contributed by atoms with Gasteiger partial charge < -0.3 is 9.64 Å². The van der Waals surface area contributed by atoms with Crippen LogP contribution in [-0.2, 0) is 15.1 Å². The van der Waals surface area contributed by atoms with E-state index in [0.29, 0.717) is 13.1 Å². The van der Waals surface area contributed by atoms with Crippen molar-refractivity contribution in [1.82, 2.24) is 15.1 Å². The molecular formula is C17H23BrN4O3S. The molecule has 1 N–H and O–H groups in total. The number of alkyl carbamates (subject to hydrolysis) is 1. The fourth-order valence-corrected chi connectivity index (χ4v) is 5.02. The average molecular weight is 443 g/mol. The van der Waals surface area contributed by atoms with Crippen LogP contribution >= 0.6 is 27.3 Å². The summed E-state index contributed by atoms with van der Waals surface area (Å²) in [4.78, 5) is 34.6. The van der Waals surface area contributed by atoms with Crippen LogP contribution in [-0.4, -0.2) is 60.5 Å². The number of halogens is 1. The lowest BCUT2D eigenvalue weighted by Crippen LogP contribution is -2.56. The largest absolute Gasteiger partial charge is 0.444 e. The number of nitrogens with one attached hydrogen (secondary N) is 1. The molecule has 2 aliphatic heterocycles. The van der Waals surface area contributed by atoms with E-state index in [0.717, 1.165) is 9.35 Å². The van der Waals surface area contributed by atoms with E-state index in [4.69, 9.17) is 9.73 Å². The van der Waals surface area contributed by atoms with E-state index in [-0.39, 0.29) is 17.8 Å². The highest BCUT2D eigenvalue weighted by Gasteiger charge is 2.55. The third-order valence-corrected chi connectivity index (χ3v) is 6.30. The number of hydrogen-bond donors (Lipinski definition) is 1. The molecule has 1 saturated heterocycles. The first-order chi connectivity index (χ1) is 12.0. The van der Waals surface area contributed by atoms with Crippen LogP contribution in [0.5, 0.6) is 0 Å². The van der Waals surface area contributed by atoms with Gasteiger partial charge in [-0.05, 0) is 49.8 Å². The Hall–Kier alpha value is -1.45. The van der Waals surface area contributed by atoms with Crippen molar-refractivity contribution in [2.75, 3.05) is 27.2 Å². The molecule has 1 aromatic heterocycles. The monoisotopic (exact) mass is 442 g/mol. The fraction of sp³-hybridized carbons (Fsp3) is 0.588. The Labute approximate surface area is 165 Å². The van der Waals surface area contributed by atoms with E-state index in [1.54, 1.807) is 39.2 Å². The normalized spacial score (nSPS) is 26.5. The van der Waals surface area contributed by atoms with E-state index in [1.807, 2.05) is 18.5 Å². The second kappa shape index (κ2) is 6.61. The molecule has 7 nitrogen and oxygen atoms in total. The number of guanidine groups is 1. The lowest BCUT2D eigenvalue weighted by molar-refractivity contribution is -0.132. The van der Waals surface area contributed by atoms with E-state index in [1.165, 1.54) is 4.90 Å². The number of aliphatic imine (C=N–C) groups is 1.